The summed E-state index contributed by atoms with van der Waals surface area (Å²) in [6, 6.07) is 10.1. The van der Waals surface area contributed by atoms with E-state index in [2.05, 4.69) is 4.90 Å². The van der Waals surface area contributed by atoms with E-state index in [1.165, 1.54) is 12.1 Å². The van der Waals surface area contributed by atoms with E-state index in [1.54, 1.807) is 0 Å². The van der Waals surface area contributed by atoms with Gasteiger partial charge in [-0.25, -0.2) is 8.78 Å². The number of carboxylic acid groups (broad SMARTS) is 1. The Kier molecular flexibility index (Phi) is 5.71. The molecule has 1 fully saturated rings. The molecule has 1 aliphatic rings. The van der Waals surface area contributed by atoms with Crippen LogP contribution >= 0.6 is 0 Å². The summed E-state index contributed by atoms with van der Waals surface area (Å²) in [5.74, 6) is -3.01. The van der Waals surface area contributed by atoms with Gasteiger partial charge >= 0.3 is 5.97 Å². The summed E-state index contributed by atoms with van der Waals surface area (Å²) in [4.78, 5) is 12.7. The molecule has 1 N–H and O–H groups in total. The standard InChI is InChI=1S/C20H21F2NO3/c21-17-12-15(13-18(22)20(17)26-10-4-7-19(24)25)14-5-3-6-16(11-14)23-8-1-2-9-23/h3,5-6,11-13H,1-2,4,7-10H2,(H,24,25). The molecule has 0 radical (unpaired) electrons. The SMILES string of the molecule is O=C(O)CCCOc1c(F)cc(-c2cccc(N3CCCC3)c2)cc1F. The number of nitrogens with zero attached hydrogens (tertiary/aromatic N) is 1. The van der Waals surface area contributed by atoms with Gasteiger partial charge in [0.2, 0.25) is 0 Å². The smallest absolute Gasteiger partial charge is 0.303 e. The topological polar surface area (TPSA) is 49.8 Å². The van der Waals surface area contributed by atoms with E-state index in [-0.39, 0.29) is 19.4 Å². The molecule has 2 aromatic carbocycles. The Balaban J connectivity index is 1.77. The van der Waals surface area contributed by atoms with Crippen molar-refractivity contribution in [2.75, 3.05) is 24.6 Å². The highest BCUT2D eigenvalue weighted by Gasteiger charge is 2.16. The maximum atomic E-state index is 14.3. The van der Waals surface area contributed by atoms with Crippen LogP contribution in [0.3, 0.4) is 0 Å². The molecule has 0 atom stereocenters. The molecule has 26 heavy (non-hydrogen) atoms. The average Bonchev–Trinajstić information content (AvgIpc) is 3.15. The first-order chi connectivity index (χ1) is 12.5. The lowest BCUT2D eigenvalue weighted by Gasteiger charge is -2.18. The minimum Gasteiger partial charge on any atom is -0.488 e. The number of anilines is 1. The van der Waals surface area contributed by atoms with Gasteiger partial charge in [-0.1, -0.05) is 12.1 Å². The molecule has 1 aliphatic heterocycles. The number of halogens is 2. The molecule has 0 amide bonds. The first kappa shape index (κ1) is 18.2. The summed E-state index contributed by atoms with van der Waals surface area (Å²) in [5, 5.41) is 8.58. The van der Waals surface area contributed by atoms with E-state index < -0.39 is 23.4 Å². The maximum Gasteiger partial charge on any atom is 0.303 e. The summed E-state index contributed by atoms with van der Waals surface area (Å²) in [5.41, 5.74) is 2.23. The lowest BCUT2D eigenvalue weighted by Crippen LogP contribution is -2.17. The van der Waals surface area contributed by atoms with Crippen LogP contribution in [0.15, 0.2) is 36.4 Å². The number of hydrogen-bond acceptors (Lipinski definition) is 3. The third-order valence-electron chi connectivity index (χ3n) is 4.43. The van der Waals surface area contributed by atoms with Crippen LogP contribution in [-0.2, 0) is 4.79 Å². The van der Waals surface area contributed by atoms with Gasteiger partial charge < -0.3 is 14.7 Å². The van der Waals surface area contributed by atoms with Crippen molar-refractivity contribution >= 4 is 11.7 Å². The predicted octanol–water partition coefficient (Wildman–Crippen LogP) is 4.48. The van der Waals surface area contributed by atoms with Gasteiger partial charge in [0.25, 0.3) is 0 Å². The Morgan fingerprint density at radius 3 is 2.42 bits per heavy atom. The zero-order valence-electron chi connectivity index (χ0n) is 14.4. The van der Waals surface area contributed by atoms with Crippen molar-refractivity contribution in [3.8, 4) is 16.9 Å². The molecule has 1 saturated heterocycles. The number of carboxylic acids is 1. The fourth-order valence-electron chi connectivity index (χ4n) is 3.12. The molecule has 0 aromatic heterocycles. The van der Waals surface area contributed by atoms with Gasteiger partial charge in [0.15, 0.2) is 17.4 Å². The first-order valence-corrected chi connectivity index (χ1v) is 8.73. The maximum absolute atomic E-state index is 14.3. The zero-order chi connectivity index (χ0) is 18.5. The second-order valence-corrected chi connectivity index (χ2v) is 6.36. The zero-order valence-corrected chi connectivity index (χ0v) is 14.4. The van der Waals surface area contributed by atoms with Crippen LogP contribution in [0.2, 0.25) is 0 Å². The lowest BCUT2D eigenvalue weighted by molar-refractivity contribution is -0.137. The van der Waals surface area contributed by atoms with Gasteiger partial charge in [0, 0.05) is 25.2 Å². The molecule has 4 nitrogen and oxygen atoms in total. The number of ether oxygens (including phenoxy) is 1. The van der Waals surface area contributed by atoms with Crippen molar-refractivity contribution < 1.29 is 23.4 Å². The third-order valence-corrected chi connectivity index (χ3v) is 4.43. The largest absolute Gasteiger partial charge is 0.488 e. The average molecular weight is 361 g/mol. The number of rotatable bonds is 7. The van der Waals surface area contributed by atoms with Crippen molar-refractivity contribution in [2.24, 2.45) is 0 Å². The van der Waals surface area contributed by atoms with Gasteiger partial charge in [-0.3, -0.25) is 4.79 Å². The molecule has 0 unspecified atom stereocenters. The Bertz CT molecular complexity index is 765. The molecule has 3 rings (SSSR count). The molecule has 0 aliphatic carbocycles. The number of hydrogen-bond donors (Lipinski definition) is 1. The van der Waals surface area contributed by atoms with Gasteiger partial charge in [-0.15, -0.1) is 0 Å². The van der Waals surface area contributed by atoms with Crippen LogP contribution in [0.1, 0.15) is 25.7 Å². The monoisotopic (exact) mass is 361 g/mol. The molecule has 0 spiro atoms. The summed E-state index contributed by atoms with van der Waals surface area (Å²) >= 11 is 0. The number of aliphatic carboxylic acids is 1. The Morgan fingerprint density at radius 2 is 1.77 bits per heavy atom. The van der Waals surface area contributed by atoms with Crippen LogP contribution in [0, 0.1) is 11.6 Å². The van der Waals surface area contributed by atoms with E-state index in [0.29, 0.717) is 5.56 Å². The second-order valence-electron chi connectivity index (χ2n) is 6.36. The van der Waals surface area contributed by atoms with E-state index in [9.17, 15) is 13.6 Å². The van der Waals surface area contributed by atoms with Crippen molar-refractivity contribution in [3.05, 3.63) is 48.0 Å². The van der Waals surface area contributed by atoms with Gasteiger partial charge in [0.1, 0.15) is 0 Å². The molecular formula is C20H21F2NO3. The minimum atomic E-state index is -0.970. The highest BCUT2D eigenvalue weighted by atomic mass is 19.1. The Hall–Kier alpha value is -2.63. The fraction of sp³-hybridized carbons (Fsp3) is 0.350. The molecule has 0 bridgehead atoms. The number of benzene rings is 2. The van der Waals surface area contributed by atoms with Crippen molar-refractivity contribution in [1.82, 2.24) is 0 Å². The fourth-order valence-corrected chi connectivity index (χ4v) is 3.12. The van der Waals surface area contributed by atoms with E-state index in [0.717, 1.165) is 37.2 Å². The minimum absolute atomic E-state index is 0.0517. The molecular weight excluding hydrogens is 340 g/mol. The second kappa shape index (κ2) is 8.17. The van der Waals surface area contributed by atoms with E-state index in [1.807, 2.05) is 24.3 Å². The van der Waals surface area contributed by atoms with Gasteiger partial charge in [-0.2, -0.15) is 0 Å². The van der Waals surface area contributed by atoms with Crippen LogP contribution in [0.4, 0.5) is 14.5 Å². The summed E-state index contributed by atoms with van der Waals surface area (Å²) < 4.78 is 33.7. The van der Waals surface area contributed by atoms with Crippen molar-refractivity contribution in [2.45, 2.75) is 25.7 Å². The first-order valence-electron chi connectivity index (χ1n) is 8.73. The normalized spacial score (nSPS) is 13.8. The van der Waals surface area contributed by atoms with E-state index >= 15 is 0 Å². The third kappa shape index (κ3) is 4.31. The summed E-state index contributed by atoms with van der Waals surface area (Å²) in [6.07, 6.45) is 2.39. The predicted molar refractivity (Wildman–Crippen MR) is 95.6 cm³/mol. The lowest BCUT2D eigenvalue weighted by atomic mass is 10.0. The molecule has 138 valence electrons. The van der Waals surface area contributed by atoms with E-state index in [4.69, 9.17) is 9.84 Å². The van der Waals surface area contributed by atoms with Crippen LogP contribution in [0.25, 0.3) is 11.1 Å². The van der Waals surface area contributed by atoms with Gasteiger partial charge in [-0.05, 0) is 54.7 Å². The number of carbonyl (C=O) groups is 1. The highest BCUT2D eigenvalue weighted by molar-refractivity contribution is 5.69. The Labute approximate surface area is 151 Å². The summed E-state index contributed by atoms with van der Waals surface area (Å²) in [7, 11) is 0. The van der Waals surface area contributed by atoms with Crippen LogP contribution in [-0.4, -0.2) is 30.8 Å². The Morgan fingerprint density at radius 1 is 1.08 bits per heavy atom. The molecule has 2 aromatic rings. The molecule has 1 heterocycles. The molecule has 6 heteroatoms. The van der Waals surface area contributed by atoms with Crippen molar-refractivity contribution in [3.63, 3.8) is 0 Å². The van der Waals surface area contributed by atoms with Crippen LogP contribution in [0.5, 0.6) is 5.75 Å². The van der Waals surface area contributed by atoms with Crippen molar-refractivity contribution in [1.29, 1.82) is 0 Å². The molecule has 0 saturated carbocycles. The highest BCUT2D eigenvalue weighted by Crippen LogP contribution is 2.31. The quantitative estimate of drug-likeness (QED) is 0.739. The van der Waals surface area contributed by atoms with Crippen LogP contribution < -0.4 is 9.64 Å². The van der Waals surface area contributed by atoms with Gasteiger partial charge in [0.05, 0.1) is 6.61 Å². The summed E-state index contributed by atoms with van der Waals surface area (Å²) in [6.45, 7) is 1.94.